The Morgan fingerprint density at radius 1 is 1.33 bits per heavy atom. The molecule has 4 nitrogen and oxygen atoms in total. The van der Waals surface area contributed by atoms with Gasteiger partial charge in [0.25, 0.3) is 0 Å². The van der Waals surface area contributed by atoms with Gasteiger partial charge >= 0.3 is 0 Å². The van der Waals surface area contributed by atoms with E-state index in [-0.39, 0.29) is 11.9 Å². The summed E-state index contributed by atoms with van der Waals surface area (Å²) in [6.07, 6.45) is 2.98. The molecule has 18 heavy (non-hydrogen) atoms. The zero-order chi connectivity index (χ0) is 13.0. The Labute approximate surface area is 107 Å². The lowest BCUT2D eigenvalue weighted by molar-refractivity contribution is -0.122. The molecule has 4 heteroatoms. The number of nitrogens with zero attached hydrogens (tertiary/aromatic N) is 2. The maximum Gasteiger partial charge on any atom is 0.242 e. The second kappa shape index (κ2) is 5.54. The molecular formula is C14H17N3O. The fourth-order valence-electron chi connectivity index (χ4n) is 2.24. The van der Waals surface area contributed by atoms with Crippen molar-refractivity contribution < 1.29 is 4.79 Å². The SMILES string of the molecule is CN(c1ccc(C#N)cc1)C1CCCCNC1=O. The van der Waals surface area contributed by atoms with Crippen molar-refractivity contribution in [2.45, 2.75) is 25.3 Å². The fourth-order valence-corrected chi connectivity index (χ4v) is 2.24. The molecule has 1 N–H and O–H groups in total. The normalized spacial score (nSPS) is 19.6. The molecule has 1 atom stereocenters. The molecule has 1 saturated heterocycles. The zero-order valence-corrected chi connectivity index (χ0v) is 10.5. The summed E-state index contributed by atoms with van der Waals surface area (Å²) in [6, 6.07) is 9.31. The predicted octanol–water partition coefficient (Wildman–Crippen LogP) is 1.66. The van der Waals surface area contributed by atoms with Crippen molar-refractivity contribution >= 4 is 11.6 Å². The molecule has 0 saturated carbocycles. The van der Waals surface area contributed by atoms with Crippen molar-refractivity contribution in [3.63, 3.8) is 0 Å². The van der Waals surface area contributed by atoms with Crippen LogP contribution in [-0.4, -0.2) is 25.5 Å². The summed E-state index contributed by atoms with van der Waals surface area (Å²) in [7, 11) is 1.93. The molecule has 1 amide bonds. The van der Waals surface area contributed by atoms with Gasteiger partial charge in [-0.1, -0.05) is 0 Å². The van der Waals surface area contributed by atoms with Crippen LogP contribution in [0.25, 0.3) is 0 Å². The Hall–Kier alpha value is -2.02. The molecule has 1 fully saturated rings. The zero-order valence-electron chi connectivity index (χ0n) is 10.5. The maximum absolute atomic E-state index is 11.9. The van der Waals surface area contributed by atoms with Crippen molar-refractivity contribution in [1.29, 1.82) is 5.26 Å². The molecule has 0 aliphatic carbocycles. The first-order valence-corrected chi connectivity index (χ1v) is 6.23. The van der Waals surface area contributed by atoms with Gasteiger partial charge in [-0.3, -0.25) is 4.79 Å². The lowest BCUT2D eigenvalue weighted by Gasteiger charge is -2.27. The summed E-state index contributed by atoms with van der Waals surface area (Å²) >= 11 is 0. The molecule has 1 aliphatic rings. The maximum atomic E-state index is 11.9. The predicted molar refractivity (Wildman–Crippen MR) is 70.2 cm³/mol. The summed E-state index contributed by atoms with van der Waals surface area (Å²) in [5.41, 5.74) is 1.61. The monoisotopic (exact) mass is 243 g/mol. The second-order valence-corrected chi connectivity index (χ2v) is 4.57. The summed E-state index contributed by atoms with van der Waals surface area (Å²) in [6.45, 7) is 0.774. The molecular weight excluding hydrogens is 226 g/mol. The van der Waals surface area contributed by atoms with E-state index in [1.54, 1.807) is 12.1 Å². The van der Waals surface area contributed by atoms with Crippen molar-refractivity contribution in [3.05, 3.63) is 29.8 Å². The first-order chi connectivity index (χ1) is 8.72. The van der Waals surface area contributed by atoms with Crippen LogP contribution in [0.15, 0.2) is 24.3 Å². The summed E-state index contributed by atoms with van der Waals surface area (Å²) in [5.74, 6) is 0.0966. The number of carbonyl (C=O) groups excluding carboxylic acids is 1. The first kappa shape index (κ1) is 12.4. The molecule has 2 rings (SSSR count). The minimum absolute atomic E-state index is 0.0966. The van der Waals surface area contributed by atoms with E-state index in [0.29, 0.717) is 5.56 Å². The van der Waals surface area contributed by atoms with Crippen LogP contribution in [-0.2, 0) is 4.79 Å². The van der Waals surface area contributed by atoms with Gasteiger partial charge in [-0.25, -0.2) is 0 Å². The van der Waals surface area contributed by atoms with Crippen LogP contribution in [0.1, 0.15) is 24.8 Å². The fraction of sp³-hybridized carbons (Fsp3) is 0.429. The number of hydrogen-bond acceptors (Lipinski definition) is 3. The van der Waals surface area contributed by atoms with E-state index in [1.807, 2.05) is 24.1 Å². The molecule has 94 valence electrons. The summed E-state index contributed by atoms with van der Waals surface area (Å²) in [5, 5.41) is 11.7. The number of likely N-dealkylation sites (N-methyl/N-ethyl adjacent to an activating group) is 1. The van der Waals surface area contributed by atoms with E-state index >= 15 is 0 Å². The minimum atomic E-state index is -0.111. The number of benzene rings is 1. The van der Waals surface area contributed by atoms with Crippen LogP contribution in [0.2, 0.25) is 0 Å². The standard InChI is InChI=1S/C14H17N3O/c1-17(12-7-5-11(10-15)6-8-12)13-4-2-3-9-16-14(13)18/h5-8,13H,2-4,9H2,1H3,(H,16,18). The quantitative estimate of drug-likeness (QED) is 0.859. The van der Waals surface area contributed by atoms with Gasteiger partial charge in [0.05, 0.1) is 11.6 Å². The van der Waals surface area contributed by atoms with Gasteiger partial charge in [-0.05, 0) is 43.5 Å². The van der Waals surface area contributed by atoms with Crippen LogP contribution in [0.4, 0.5) is 5.69 Å². The second-order valence-electron chi connectivity index (χ2n) is 4.57. The Morgan fingerprint density at radius 2 is 2.06 bits per heavy atom. The minimum Gasteiger partial charge on any atom is -0.363 e. The number of rotatable bonds is 2. The van der Waals surface area contributed by atoms with Crippen LogP contribution < -0.4 is 10.2 Å². The van der Waals surface area contributed by atoms with Crippen LogP contribution in [0.5, 0.6) is 0 Å². The number of nitrogens with one attached hydrogen (secondary N) is 1. The van der Waals surface area contributed by atoms with Crippen molar-refractivity contribution in [2.75, 3.05) is 18.5 Å². The van der Waals surface area contributed by atoms with Gasteiger partial charge < -0.3 is 10.2 Å². The van der Waals surface area contributed by atoms with E-state index in [2.05, 4.69) is 11.4 Å². The van der Waals surface area contributed by atoms with E-state index < -0.39 is 0 Å². The first-order valence-electron chi connectivity index (χ1n) is 6.23. The average Bonchev–Trinajstić information content (AvgIpc) is 2.63. The molecule has 1 heterocycles. The van der Waals surface area contributed by atoms with Gasteiger partial charge in [0.1, 0.15) is 6.04 Å². The van der Waals surface area contributed by atoms with E-state index in [9.17, 15) is 4.79 Å². The van der Waals surface area contributed by atoms with Crippen molar-refractivity contribution in [1.82, 2.24) is 5.32 Å². The van der Waals surface area contributed by atoms with Crippen LogP contribution in [0, 0.1) is 11.3 Å². The molecule has 1 unspecified atom stereocenters. The molecule has 0 bridgehead atoms. The summed E-state index contributed by atoms with van der Waals surface area (Å²) in [4.78, 5) is 13.9. The Kier molecular flexibility index (Phi) is 3.83. The Balaban J connectivity index is 2.15. The number of carbonyl (C=O) groups is 1. The molecule has 1 aromatic rings. The van der Waals surface area contributed by atoms with Crippen molar-refractivity contribution in [3.8, 4) is 6.07 Å². The van der Waals surface area contributed by atoms with Gasteiger partial charge in [-0.15, -0.1) is 0 Å². The third-order valence-corrected chi connectivity index (χ3v) is 3.38. The van der Waals surface area contributed by atoms with E-state index in [1.165, 1.54) is 0 Å². The lowest BCUT2D eigenvalue weighted by Crippen LogP contribution is -2.44. The Morgan fingerprint density at radius 3 is 2.72 bits per heavy atom. The third kappa shape index (κ3) is 2.62. The van der Waals surface area contributed by atoms with Crippen molar-refractivity contribution in [2.24, 2.45) is 0 Å². The van der Waals surface area contributed by atoms with E-state index in [0.717, 1.165) is 31.5 Å². The van der Waals surface area contributed by atoms with Gasteiger partial charge in [0.15, 0.2) is 0 Å². The smallest absolute Gasteiger partial charge is 0.242 e. The molecule has 1 aliphatic heterocycles. The van der Waals surface area contributed by atoms with Gasteiger partial charge in [0.2, 0.25) is 5.91 Å². The highest BCUT2D eigenvalue weighted by atomic mass is 16.2. The number of hydrogen-bond donors (Lipinski definition) is 1. The molecule has 0 spiro atoms. The molecule has 0 radical (unpaired) electrons. The highest BCUT2D eigenvalue weighted by Crippen LogP contribution is 2.20. The topological polar surface area (TPSA) is 56.1 Å². The lowest BCUT2D eigenvalue weighted by atomic mass is 10.1. The highest BCUT2D eigenvalue weighted by molar-refractivity contribution is 5.85. The van der Waals surface area contributed by atoms with E-state index in [4.69, 9.17) is 5.26 Å². The molecule has 0 aromatic heterocycles. The number of amides is 1. The Bertz CT molecular complexity index is 461. The largest absolute Gasteiger partial charge is 0.363 e. The highest BCUT2D eigenvalue weighted by Gasteiger charge is 2.24. The van der Waals surface area contributed by atoms with Crippen LogP contribution >= 0.6 is 0 Å². The summed E-state index contributed by atoms with van der Waals surface area (Å²) < 4.78 is 0. The average molecular weight is 243 g/mol. The third-order valence-electron chi connectivity index (χ3n) is 3.38. The van der Waals surface area contributed by atoms with Gasteiger partial charge in [-0.2, -0.15) is 5.26 Å². The van der Waals surface area contributed by atoms with Crippen LogP contribution in [0.3, 0.4) is 0 Å². The van der Waals surface area contributed by atoms with Gasteiger partial charge in [0, 0.05) is 19.3 Å². The number of anilines is 1. The number of nitriles is 1. The molecule has 1 aromatic carbocycles.